The Kier molecular flexibility index (Phi) is 6.02. The van der Waals surface area contributed by atoms with Crippen molar-refractivity contribution in [3.63, 3.8) is 0 Å². The minimum atomic E-state index is -0.198. The van der Waals surface area contributed by atoms with Gasteiger partial charge in [-0.15, -0.1) is 0 Å². The van der Waals surface area contributed by atoms with Crippen LogP contribution in [-0.2, 0) is 11.3 Å². The summed E-state index contributed by atoms with van der Waals surface area (Å²) in [6.07, 6.45) is 0. The Bertz CT molecular complexity index is 701. The topological polar surface area (TPSA) is 47.6 Å². The van der Waals surface area contributed by atoms with Crippen LogP contribution in [0.5, 0.6) is 5.75 Å². The molecule has 1 N–H and O–H groups in total. The third-order valence-corrected chi connectivity index (χ3v) is 3.93. The van der Waals surface area contributed by atoms with Gasteiger partial charge in [0, 0.05) is 28.4 Å². The molecule has 0 bridgehead atoms. The van der Waals surface area contributed by atoms with Gasteiger partial charge >= 0.3 is 0 Å². The molecule has 0 aliphatic carbocycles. The number of methoxy groups -OCH3 is 1. The fourth-order valence-electron chi connectivity index (χ4n) is 2.18. The average Bonchev–Trinajstić information content (AvgIpc) is 2.56. The van der Waals surface area contributed by atoms with Gasteiger partial charge in [0.05, 0.1) is 13.7 Å². The summed E-state index contributed by atoms with van der Waals surface area (Å²) >= 11 is 6.08. The molecule has 0 radical (unpaired) electrons. The van der Waals surface area contributed by atoms with Crippen molar-refractivity contribution in [1.29, 1.82) is 0 Å². The van der Waals surface area contributed by atoms with Crippen LogP contribution in [0.25, 0.3) is 0 Å². The van der Waals surface area contributed by atoms with Gasteiger partial charge in [0.15, 0.2) is 0 Å². The molecule has 0 saturated heterocycles. The molecular weight excluding hydrogens is 314 g/mol. The van der Waals surface area contributed by atoms with Crippen LogP contribution in [0.2, 0.25) is 5.02 Å². The molecule has 2 aromatic rings. The van der Waals surface area contributed by atoms with Gasteiger partial charge < -0.3 is 14.8 Å². The molecule has 1 amide bonds. The predicted molar refractivity (Wildman–Crippen MR) is 92.5 cm³/mol. The molecule has 4 nitrogen and oxygen atoms in total. The Balaban J connectivity index is 2.23. The number of anilines is 1. The van der Waals surface area contributed by atoms with Gasteiger partial charge in [-0.1, -0.05) is 17.7 Å². The van der Waals surface area contributed by atoms with Gasteiger partial charge in [-0.05, 0) is 49.7 Å². The van der Waals surface area contributed by atoms with E-state index >= 15 is 0 Å². The van der Waals surface area contributed by atoms with E-state index in [4.69, 9.17) is 21.1 Å². The van der Waals surface area contributed by atoms with E-state index in [0.29, 0.717) is 35.2 Å². The lowest BCUT2D eigenvalue weighted by Crippen LogP contribution is -2.13. The van der Waals surface area contributed by atoms with Crippen molar-refractivity contribution in [1.82, 2.24) is 0 Å². The molecule has 122 valence electrons. The molecule has 0 atom stereocenters. The summed E-state index contributed by atoms with van der Waals surface area (Å²) in [5.41, 5.74) is 2.92. The molecular formula is C18H20ClNO3. The molecule has 0 saturated carbocycles. The van der Waals surface area contributed by atoms with Gasteiger partial charge in [-0.3, -0.25) is 4.79 Å². The summed E-state index contributed by atoms with van der Waals surface area (Å²) in [7, 11) is 1.60. The van der Waals surface area contributed by atoms with Crippen molar-refractivity contribution >= 4 is 23.2 Å². The number of carbonyl (C=O) groups excluding carboxylic acids is 1. The molecule has 0 fully saturated rings. The second-order valence-corrected chi connectivity index (χ2v) is 5.44. The van der Waals surface area contributed by atoms with E-state index in [1.54, 1.807) is 37.4 Å². The summed E-state index contributed by atoms with van der Waals surface area (Å²) in [5.74, 6) is 0.504. The zero-order valence-electron chi connectivity index (χ0n) is 13.5. The summed E-state index contributed by atoms with van der Waals surface area (Å²) in [6, 6.07) is 10.7. The smallest absolute Gasteiger partial charge is 0.255 e. The van der Waals surface area contributed by atoms with E-state index in [2.05, 4.69) is 5.32 Å². The first-order chi connectivity index (χ1) is 11.1. The van der Waals surface area contributed by atoms with E-state index in [-0.39, 0.29) is 5.91 Å². The largest absolute Gasteiger partial charge is 0.496 e. The quantitative estimate of drug-likeness (QED) is 0.849. The number of ether oxygens (including phenoxy) is 2. The first-order valence-corrected chi connectivity index (χ1v) is 7.75. The lowest BCUT2D eigenvalue weighted by molar-refractivity contribution is 0.102. The fraction of sp³-hybridized carbons (Fsp3) is 0.278. The SMILES string of the molecule is CCOCc1cc(C(=O)Nc2cccc(Cl)c2C)ccc1OC. The lowest BCUT2D eigenvalue weighted by Gasteiger charge is -2.12. The lowest BCUT2D eigenvalue weighted by atomic mass is 10.1. The van der Waals surface area contributed by atoms with E-state index in [0.717, 1.165) is 11.1 Å². The fourth-order valence-corrected chi connectivity index (χ4v) is 2.36. The number of hydrogen-bond acceptors (Lipinski definition) is 3. The monoisotopic (exact) mass is 333 g/mol. The van der Waals surface area contributed by atoms with Gasteiger partial charge in [0.1, 0.15) is 5.75 Å². The minimum Gasteiger partial charge on any atom is -0.496 e. The predicted octanol–water partition coefficient (Wildman–Crippen LogP) is 4.45. The standard InChI is InChI=1S/C18H20ClNO3/c1-4-23-11-14-10-13(8-9-17(14)22-3)18(21)20-16-7-5-6-15(19)12(16)2/h5-10H,4,11H2,1-3H3,(H,20,21). The molecule has 0 aliphatic heterocycles. The number of benzene rings is 2. The third kappa shape index (κ3) is 4.24. The van der Waals surface area contributed by atoms with Gasteiger partial charge in [0.25, 0.3) is 5.91 Å². The summed E-state index contributed by atoms with van der Waals surface area (Å²) in [5, 5.41) is 3.50. The Morgan fingerprint density at radius 1 is 1.26 bits per heavy atom. The van der Waals surface area contributed by atoms with Crippen LogP contribution in [0.1, 0.15) is 28.4 Å². The zero-order valence-corrected chi connectivity index (χ0v) is 14.2. The van der Waals surface area contributed by atoms with Crippen molar-refractivity contribution in [3.05, 3.63) is 58.1 Å². The van der Waals surface area contributed by atoms with E-state index in [9.17, 15) is 4.79 Å². The molecule has 0 aliphatic rings. The Morgan fingerprint density at radius 3 is 2.74 bits per heavy atom. The number of rotatable bonds is 6. The van der Waals surface area contributed by atoms with Crippen LogP contribution >= 0.6 is 11.6 Å². The zero-order chi connectivity index (χ0) is 16.8. The maximum atomic E-state index is 12.5. The van der Waals surface area contributed by atoms with Crippen molar-refractivity contribution < 1.29 is 14.3 Å². The van der Waals surface area contributed by atoms with Crippen LogP contribution in [0, 0.1) is 6.92 Å². The Labute approximate surface area is 141 Å². The van der Waals surface area contributed by atoms with Crippen LogP contribution in [0.4, 0.5) is 5.69 Å². The normalized spacial score (nSPS) is 10.4. The van der Waals surface area contributed by atoms with Crippen LogP contribution in [0.3, 0.4) is 0 Å². The maximum absolute atomic E-state index is 12.5. The van der Waals surface area contributed by atoms with Crippen molar-refractivity contribution in [2.24, 2.45) is 0 Å². The van der Waals surface area contributed by atoms with Crippen LogP contribution in [0.15, 0.2) is 36.4 Å². The number of carbonyl (C=O) groups is 1. The second kappa shape index (κ2) is 7.99. The summed E-state index contributed by atoms with van der Waals surface area (Å²) < 4.78 is 10.7. The Morgan fingerprint density at radius 2 is 2.04 bits per heavy atom. The number of hydrogen-bond donors (Lipinski definition) is 1. The minimum absolute atomic E-state index is 0.198. The van der Waals surface area contributed by atoms with Crippen LogP contribution in [-0.4, -0.2) is 19.6 Å². The molecule has 23 heavy (non-hydrogen) atoms. The highest BCUT2D eigenvalue weighted by atomic mass is 35.5. The van der Waals surface area contributed by atoms with Crippen LogP contribution < -0.4 is 10.1 Å². The summed E-state index contributed by atoms with van der Waals surface area (Å²) in [4.78, 5) is 12.5. The van der Waals surface area contributed by atoms with E-state index < -0.39 is 0 Å². The highest BCUT2D eigenvalue weighted by Crippen LogP contribution is 2.25. The highest BCUT2D eigenvalue weighted by Gasteiger charge is 2.12. The molecule has 0 heterocycles. The van der Waals surface area contributed by atoms with Crippen molar-refractivity contribution in [2.75, 3.05) is 19.0 Å². The third-order valence-electron chi connectivity index (χ3n) is 3.52. The second-order valence-electron chi connectivity index (χ2n) is 5.03. The first kappa shape index (κ1) is 17.3. The Hall–Kier alpha value is -2.04. The maximum Gasteiger partial charge on any atom is 0.255 e. The van der Waals surface area contributed by atoms with Gasteiger partial charge in [-0.25, -0.2) is 0 Å². The molecule has 2 aromatic carbocycles. The molecule has 0 unspecified atom stereocenters. The van der Waals surface area contributed by atoms with E-state index in [1.807, 2.05) is 19.9 Å². The molecule has 2 rings (SSSR count). The number of amides is 1. The van der Waals surface area contributed by atoms with Gasteiger partial charge in [-0.2, -0.15) is 0 Å². The summed E-state index contributed by atoms with van der Waals surface area (Å²) in [6.45, 7) is 4.79. The number of halogens is 1. The molecule has 0 spiro atoms. The number of nitrogens with one attached hydrogen (secondary N) is 1. The molecule has 0 aromatic heterocycles. The highest BCUT2D eigenvalue weighted by molar-refractivity contribution is 6.31. The first-order valence-electron chi connectivity index (χ1n) is 7.38. The average molecular weight is 334 g/mol. The van der Waals surface area contributed by atoms with Gasteiger partial charge in [0.2, 0.25) is 0 Å². The molecule has 5 heteroatoms. The van der Waals surface area contributed by atoms with E-state index in [1.165, 1.54) is 0 Å². The van der Waals surface area contributed by atoms with Crippen molar-refractivity contribution in [3.8, 4) is 5.75 Å². The van der Waals surface area contributed by atoms with Crippen molar-refractivity contribution in [2.45, 2.75) is 20.5 Å².